The van der Waals surface area contributed by atoms with E-state index in [0.717, 1.165) is 6.42 Å². The molecule has 0 aromatic carbocycles. The monoisotopic (exact) mass is 202 g/mol. The van der Waals surface area contributed by atoms with E-state index in [1.165, 1.54) is 12.8 Å². The van der Waals surface area contributed by atoms with Crippen molar-refractivity contribution < 1.29 is 4.74 Å². The molecular formula is C8H11BrO. The van der Waals surface area contributed by atoms with Gasteiger partial charge in [0.25, 0.3) is 0 Å². The Labute approximate surface area is 70.3 Å². The Morgan fingerprint density at radius 3 is 2.90 bits per heavy atom. The van der Waals surface area contributed by atoms with Crippen molar-refractivity contribution in [2.24, 2.45) is 0 Å². The van der Waals surface area contributed by atoms with Gasteiger partial charge in [0.15, 0.2) is 0 Å². The zero-order valence-corrected chi connectivity index (χ0v) is 7.43. The number of rotatable bonds is 2. The first kappa shape index (κ1) is 8.10. The van der Waals surface area contributed by atoms with Crippen molar-refractivity contribution in [3.05, 3.63) is 0 Å². The normalized spacial score (nSPS) is 32.0. The summed E-state index contributed by atoms with van der Waals surface area (Å²) in [4.78, 5) is 0.529. The standard InChI is InChI=1S/C8H11BrO/c1-2-6-10-8-5-3-4-7(8)9/h1,7-8H,3-6H2/t7-,8-/m0/s1. The summed E-state index contributed by atoms with van der Waals surface area (Å²) >= 11 is 3.54. The van der Waals surface area contributed by atoms with E-state index >= 15 is 0 Å². The maximum absolute atomic E-state index is 5.38. The van der Waals surface area contributed by atoms with Gasteiger partial charge < -0.3 is 4.74 Å². The molecule has 1 saturated carbocycles. The Balaban J connectivity index is 2.21. The smallest absolute Gasteiger partial charge is 0.107 e. The van der Waals surface area contributed by atoms with Crippen LogP contribution < -0.4 is 0 Å². The van der Waals surface area contributed by atoms with Crippen LogP contribution in [0.15, 0.2) is 0 Å². The second-order valence-electron chi connectivity index (χ2n) is 2.50. The molecule has 0 N–H and O–H groups in total. The molecule has 56 valence electrons. The summed E-state index contributed by atoms with van der Waals surface area (Å²) < 4.78 is 5.38. The van der Waals surface area contributed by atoms with Gasteiger partial charge in [-0.2, -0.15) is 0 Å². The van der Waals surface area contributed by atoms with E-state index in [4.69, 9.17) is 11.2 Å². The summed E-state index contributed by atoms with van der Waals surface area (Å²) in [7, 11) is 0. The van der Waals surface area contributed by atoms with Crippen LogP contribution >= 0.6 is 15.9 Å². The molecule has 0 bridgehead atoms. The molecule has 1 aliphatic rings. The van der Waals surface area contributed by atoms with E-state index < -0.39 is 0 Å². The van der Waals surface area contributed by atoms with Crippen LogP contribution in [0.1, 0.15) is 19.3 Å². The molecule has 10 heavy (non-hydrogen) atoms. The fraction of sp³-hybridized carbons (Fsp3) is 0.750. The third-order valence-electron chi connectivity index (χ3n) is 1.75. The van der Waals surface area contributed by atoms with Gasteiger partial charge in [0, 0.05) is 4.83 Å². The average Bonchev–Trinajstić information content (AvgIpc) is 2.31. The lowest BCUT2D eigenvalue weighted by Gasteiger charge is -2.12. The zero-order valence-electron chi connectivity index (χ0n) is 5.85. The first-order chi connectivity index (χ1) is 4.84. The highest BCUT2D eigenvalue weighted by molar-refractivity contribution is 9.09. The fourth-order valence-electron chi connectivity index (χ4n) is 1.22. The fourth-order valence-corrected chi connectivity index (χ4v) is 1.96. The molecule has 0 saturated heterocycles. The van der Waals surface area contributed by atoms with Gasteiger partial charge in [-0.25, -0.2) is 0 Å². The minimum absolute atomic E-state index is 0.357. The summed E-state index contributed by atoms with van der Waals surface area (Å²) in [5.74, 6) is 2.47. The molecule has 0 heterocycles. The Morgan fingerprint density at radius 1 is 1.60 bits per heavy atom. The van der Waals surface area contributed by atoms with E-state index in [9.17, 15) is 0 Å². The van der Waals surface area contributed by atoms with E-state index in [2.05, 4.69) is 21.9 Å². The van der Waals surface area contributed by atoms with Crippen molar-refractivity contribution >= 4 is 15.9 Å². The molecule has 1 fully saturated rings. The molecule has 0 unspecified atom stereocenters. The molecule has 0 aromatic heterocycles. The van der Waals surface area contributed by atoms with E-state index in [1.54, 1.807) is 0 Å². The summed E-state index contributed by atoms with van der Waals surface area (Å²) in [6.45, 7) is 0.451. The number of terminal acetylenes is 1. The van der Waals surface area contributed by atoms with Crippen LogP contribution in [-0.2, 0) is 4.74 Å². The molecule has 1 rings (SSSR count). The molecule has 0 amide bonds. The first-order valence-corrected chi connectivity index (χ1v) is 4.45. The third kappa shape index (κ3) is 2.00. The van der Waals surface area contributed by atoms with Gasteiger partial charge in [0.05, 0.1) is 6.10 Å². The largest absolute Gasteiger partial charge is 0.364 e. The molecule has 0 spiro atoms. The Kier molecular flexibility index (Phi) is 3.24. The average molecular weight is 203 g/mol. The number of halogens is 1. The summed E-state index contributed by atoms with van der Waals surface area (Å²) in [6.07, 6.45) is 9.04. The molecule has 2 heteroatoms. The summed E-state index contributed by atoms with van der Waals surface area (Å²) in [5, 5.41) is 0. The lowest BCUT2D eigenvalue weighted by Crippen LogP contribution is -2.17. The summed E-state index contributed by atoms with van der Waals surface area (Å²) in [5.41, 5.74) is 0. The molecule has 0 aromatic rings. The maximum atomic E-state index is 5.38. The number of hydrogen-bond donors (Lipinski definition) is 0. The molecule has 2 atom stereocenters. The van der Waals surface area contributed by atoms with E-state index in [1.807, 2.05) is 0 Å². The van der Waals surface area contributed by atoms with Crippen LogP contribution in [0.4, 0.5) is 0 Å². The highest BCUT2D eigenvalue weighted by atomic mass is 79.9. The van der Waals surface area contributed by atoms with Crippen LogP contribution in [0.2, 0.25) is 0 Å². The Hall–Kier alpha value is 0. The predicted octanol–water partition coefficient (Wildman–Crippen LogP) is 1.95. The highest BCUT2D eigenvalue weighted by Gasteiger charge is 2.24. The van der Waals surface area contributed by atoms with Gasteiger partial charge in [-0.1, -0.05) is 21.9 Å². The van der Waals surface area contributed by atoms with Gasteiger partial charge in [-0.05, 0) is 19.3 Å². The lowest BCUT2D eigenvalue weighted by molar-refractivity contribution is 0.0886. The van der Waals surface area contributed by atoms with E-state index in [-0.39, 0.29) is 0 Å². The second kappa shape index (κ2) is 4.00. The van der Waals surface area contributed by atoms with Crippen LogP contribution in [0.25, 0.3) is 0 Å². The first-order valence-electron chi connectivity index (χ1n) is 3.53. The predicted molar refractivity (Wildman–Crippen MR) is 45.1 cm³/mol. The van der Waals surface area contributed by atoms with Gasteiger partial charge in [0.2, 0.25) is 0 Å². The van der Waals surface area contributed by atoms with Crippen molar-refractivity contribution in [3.8, 4) is 12.3 Å². The number of ether oxygens (including phenoxy) is 1. The van der Waals surface area contributed by atoms with Crippen LogP contribution in [0.3, 0.4) is 0 Å². The molecule has 0 radical (unpaired) electrons. The van der Waals surface area contributed by atoms with Crippen molar-refractivity contribution in [1.29, 1.82) is 0 Å². The van der Waals surface area contributed by atoms with Crippen molar-refractivity contribution in [2.45, 2.75) is 30.2 Å². The second-order valence-corrected chi connectivity index (χ2v) is 3.68. The zero-order chi connectivity index (χ0) is 7.40. The number of alkyl halides is 1. The van der Waals surface area contributed by atoms with Crippen LogP contribution in [0.5, 0.6) is 0 Å². The van der Waals surface area contributed by atoms with Gasteiger partial charge in [-0.15, -0.1) is 6.42 Å². The van der Waals surface area contributed by atoms with Crippen molar-refractivity contribution in [3.63, 3.8) is 0 Å². The van der Waals surface area contributed by atoms with Crippen LogP contribution in [0, 0.1) is 12.3 Å². The maximum Gasteiger partial charge on any atom is 0.107 e. The summed E-state index contributed by atoms with van der Waals surface area (Å²) in [6, 6.07) is 0. The quantitative estimate of drug-likeness (QED) is 0.492. The van der Waals surface area contributed by atoms with Crippen LogP contribution in [-0.4, -0.2) is 17.5 Å². The SMILES string of the molecule is C#CCO[C@H]1CCC[C@@H]1Br. The molecule has 1 aliphatic carbocycles. The topological polar surface area (TPSA) is 9.23 Å². The molecule has 0 aliphatic heterocycles. The molecular weight excluding hydrogens is 192 g/mol. The minimum atomic E-state index is 0.357. The minimum Gasteiger partial charge on any atom is -0.364 e. The highest BCUT2D eigenvalue weighted by Crippen LogP contribution is 2.27. The van der Waals surface area contributed by atoms with Gasteiger partial charge in [0.1, 0.15) is 6.61 Å². The van der Waals surface area contributed by atoms with Crippen molar-refractivity contribution in [1.82, 2.24) is 0 Å². The lowest BCUT2D eigenvalue weighted by atomic mass is 10.3. The van der Waals surface area contributed by atoms with Gasteiger partial charge >= 0.3 is 0 Å². The third-order valence-corrected chi connectivity index (χ3v) is 2.80. The van der Waals surface area contributed by atoms with Crippen molar-refractivity contribution in [2.75, 3.05) is 6.61 Å². The van der Waals surface area contributed by atoms with Gasteiger partial charge in [-0.3, -0.25) is 0 Å². The molecule has 1 nitrogen and oxygen atoms in total. The Bertz CT molecular complexity index is 139. The number of hydrogen-bond acceptors (Lipinski definition) is 1. The Morgan fingerprint density at radius 2 is 2.40 bits per heavy atom. The van der Waals surface area contributed by atoms with E-state index in [0.29, 0.717) is 17.5 Å².